The van der Waals surface area contributed by atoms with Gasteiger partial charge >= 0.3 is 0 Å². The van der Waals surface area contributed by atoms with Gasteiger partial charge in [-0.05, 0) is 95.0 Å². The van der Waals surface area contributed by atoms with E-state index in [1.54, 1.807) is 6.92 Å². The second-order valence-corrected chi connectivity index (χ2v) is 13.7. The summed E-state index contributed by atoms with van der Waals surface area (Å²) in [6.45, 7) is 11.9. The minimum Gasteiger partial charge on any atom is -0.368 e. The van der Waals surface area contributed by atoms with Crippen molar-refractivity contribution in [3.8, 4) is 0 Å². The first-order chi connectivity index (χ1) is 23.1. The Morgan fingerprint density at radius 3 is 2.40 bits per heavy atom. The number of ether oxygens (including phenoxy) is 2. The number of carbonyl (C=O) groups excluding carboxylic acids is 2. The van der Waals surface area contributed by atoms with Gasteiger partial charge in [0.1, 0.15) is 23.9 Å². The third kappa shape index (κ3) is 10.3. The van der Waals surface area contributed by atoms with Crippen LogP contribution in [0.4, 0.5) is 17.3 Å². The van der Waals surface area contributed by atoms with Gasteiger partial charge in [-0.15, -0.1) is 0 Å². The van der Waals surface area contributed by atoms with E-state index in [2.05, 4.69) is 26.4 Å². The van der Waals surface area contributed by atoms with Gasteiger partial charge in [0, 0.05) is 54.4 Å². The van der Waals surface area contributed by atoms with Crippen molar-refractivity contribution in [3.05, 3.63) is 42.1 Å². The molecule has 0 spiro atoms. The SMILES string of the molecule is CCC(CC(C)OC(CC)C(=O)N1CCN(c2cc(NC3C=C(C)NN3)nc(Sc3ccc(NC(=O)C4CC4)cc3)n2)CC1)OC(C)O. The maximum absolute atomic E-state index is 13.5. The van der Waals surface area contributed by atoms with Gasteiger partial charge < -0.3 is 40.4 Å². The lowest BCUT2D eigenvalue weighted by Gasteiger charge is -2.37. The summed E-state index contributed by atoms with van der Waals surface area (Å²) in [6, 6.07) is 9.68. The van der Waals surface area contributed by atoms with E-state index in [1.807, 2.05) is 69.0 Å². The Morgan fingerprint density at radius 2 is 1.79 bits per heavy atom. The number of nitrogens with zero attached hydrogens (tertiary/aromatic N) is 4. The molecule has 3 aliphatic rings. The summed E-state index contributed by atoms with van der Waals surface area (Å²) >= 11 is 1.45. The molecule has 2 fully saturated rings. The van der Waals surface area contributed by atoms with Crippen molar-refractivity contribution in [3.63, 3.8) is 0 Å². The number of rotatable bonds is 16. The van der Waals surface area contributed by atoms with Gasteiger partial charge in [0.2, 0.25) is 5.91 Å². The van der Waals surface area contributed by atoms with Gasteiger partial charge in [0.25, 0.3) is 5.91 Å². The first kappa shape index (κ1) is 35.9. The monoisotopic (exact) mass is 682 g/mol. The maximum atomic E-state index is 13.5. The van der Waals surface area contributed by atoms with Gasteiger partial charge in [0.05, 0.1) is 12.2 Å². The van der Waals surface area contributed by atoms with Crippen LogP contribution in [0.15, 0.2) is 52.2 Å². The van der Waals surface area contributed by atoms with Crippen molar-refractivity contribution in [2.75, 3.05) is 41.7 Å². The summed E-state index contributed by atoms with van der Waals surface area (Å²) in [5.41, 5.74) is 8.09. The first-order valence-electron chi connectivity index (χ1n) is 17.1. The fourth-order valence-corrected chi connectivity index (χ4v) is 6.52. The van der Waals surface area contributed by atoms with Crippen LogP contribution in [-0.2, 0) is 19.1 Å². The zero-order valence-corrected chi connectivity index (χ0v) is 29.4. The quantitative estimate of drug-likeness (QED) is 0.128. The highest BCUT2D eigenvalue weighted by molar-refractivity contribution is 7.99. The molecule has 1 saturated heterocycles. The molecular formula is C34H50N8O5S. The smallest absolute Gasteiger partial charge is 0.251 e. The number of anilines is 3. The summed E-state index contributed by atoms with van der Waals surface area (Å²) in [5.74, 6) is 1.68. The van der Waals surface area contributed by atoms with Gasteiger partial charge in [-0.1, -0.05) is 13.8 Å². The molecule has 1 aromatic heterocycles. The molecule has 48 heavy (non-hydrogen) atoms. The van der Waals surface area contributed by atoms with Gasteiger partial charge in [-0.3, -0.25) is 9.59 Å². The van der Waals surface area contributed by atoms with E-state index in [0.717, 1.165) is 41.4 Å². The molecule has 5 rings (SSSR count). The van der Waals surface area contributed by atoms with Crippen LogP contribution in [0.1, 0.15) is 66.7 Å². The van der Waals surface area contributed by atoms with Crippen molar-refractivity contribution in [1.29, 1.82) is 0 Å². The summed E-state index contributed by atoms with van der Waals surface area (Å²) in [7, 11) is 0. The average Bonchev–Trinajstić information content (AvgIpc) is 3.85. The molecule has 5 unspecified atom stereocenters. The molecule has 0 bridgehead atoms. The van der Waals surface area contributed by atoms with E-state index in [0.29, 0.717) is 50.0 Å². The lowest BCUT2D eigenvalue weighted by atomic mass is 10.1. The molecule has 13 nitrogen and oxygen atoms in total. The molecule has 5 atom stereocenters. The average molecular weight is 683 g/mol. The van der Waals surface area contributed by atoms with Crippen LogP contribution in [0, 0.1) is 5.92 Å². The predicted molar refractivity (Wildman–Crippen MR) is 186 cm³/mol. The van der Waals surface area contributed by atoms with Crippen LogP contribution in [0.5, 0.6) is 0 Å². The Morgan fingerprint density at radius 1 is 1.06 bits per heavy atom. The normalized spacial score (nSPS) is 20.4. The largest absolute Gasteiger partial charge is 0.368 e. The van der Waals surface area contributed by atoms with Gasteiger partial charge in [-0.2, -0.15) is 0 Å². The highest BCUT2D eigenvalue weighted by Crippen LogP contribution is 2.32. The summed E-state index contributed by atoms with van der Waals surface area (Å²) in [5, 5.41) is 16.6. The second kappa shape index (κ2) is 16.8. The van der Waals surface area contributed by atoms with Crippen LogP contribution in [-0.4, -0.2) is 88.7 Å². The van der Waals surface area contributed by atoms with E-state index in [1.165, 1.54) is 11.8 Å². The second-order valence-electron chi connectivity index (χ2n) is 12.7. The third-order valence-corrected chi connectivity index (χ3v) is 9.39. The number of carbonyl (C=O) groups is 2. The molecule has 2 aliphatic heterocycles. The summed E-state index contributed by atoms with van der Waals surface area (Å²) in [4.78, 5) is 40.4. The molecule has 2 aromatic rings. The predicted octanol–water partition coefficient (Wildman–Crippen LogP) is 4.08. The van der Waals surface area contributed by atoms with Crippen molar-refractivity contribution < 1.29 is 24.2 Å². The minimum absolute atomic E-state index is 0.00601. The number of benzene rings is 1. The molecule has 1 aliphatic carbocycles. The summed E-state index contributed by atoms with van der Waals surface area (Å²) in [6.07, 6.45) is 4.08. The topological polar surface area (TPSA) is 153 Å². The maximum Gasteiger partial charge on any atom is 0.251 e. The number of hydrogen-bond acceptors (Lipinski definition) is 12. The number of aliphatic hydroxyl groups excluding tert-OH is 1. The van der Waals surface area contributed by atoms with E-state index in [4.69, 9.17) is 19.4 Å². The van der Waals surface area contributed by atoms with Gasteiger partial charge in [0.15, 0.2) is 11.4 Å². The first-order valence-corrected chi connectivity index (χ1v) is 17.9. The van der Waals surface area contributed by atoms with Crippen LogP contribution in [0.25, 0.3) is 0 Å². The van der Waals surface area contributed by atoms with Crippen LogP contribution >= 0.6 is 11.8 Å². The highest BCUT2D eigenvalue weighted by atomic mass is 32.2. The molecule has 262 valence electrons. The number of nitrogens with one attached hydrogen (secondary N) is 4. The Bertz CT molecular complexity index is 1410. The Labute approximate surface area is 287 Å². The number of hydrazine groups is 1. The molecule has 5 N–H and O–H groups in total. The Hall–Kier alpha value is -3.43. The number of allylic oxidation sites excluding steroid dienone is 1. The highest BCUT2D eigenvalue weighted by Gasteiger charge is 2.31. The number of piperazine rings is 1. The van der Waals surface area contributed by atoms with E-state index < -0.39 is 12.4 Å². The fraction of sp³-hybridized carbons (Fsp3) is 0.588. The van der Waals surface area contributed by atoms with E-state index in [9.17, 15) is 14.7 Å². The summed E-state index contributed by atoms with van der Waals surface area (Å²) < 4.78 is 11.8. The van der Waals surface area contributed by atoms with Crippen LogP contribution in [0.2, 0.25) is 0 Å². The third-order valence-electron chi connectivity index (χ3n) is 8.51. The minimum atomic E-state index is -0.839. The molecule has 3 heterocycles. The lowest BCUT2D eigenvalue weighted by Crippen LogP contribution is -2.52. The Kier molecular flexibility index (Phi) is 12.5. The van der Waals surface area contributed by atoms with Crippen molar-refractivity contribution in [2.45, 2.75) is 108 Å². The van der Waals surface area contributed by atoms with E-state index >= 15 is 0 Å². The number of aliphatic hydroxyl groups is 1. The van der Waals surface area contributed by atoms with Gasteiger partial charge in [-0.25, -0.2) is 15.4 Å². The van der Waals surface area contributed by atoms with Crippen molar-refractivity contribution in [2.24, 2.45) is 5.92 Å². The fourth-order valence-electron chi connectivity index (χ4n) is 5.75. The molecule has 1 saturated carbocycles. The molecule has 2 amide bonds. The van der Waals surface area contributed by atoms with Crippen molar-refractivity contribution in [1.82, 2.24) is 25.7 Å². The van der Waals surface area contributed by atoms with Crippen LogP contribution in [0.3, 0.4) is 0 Å². The zero-order valence-electron chi connectivity index (χ0n) is 28.6. The number of hydrogen-bond donors (Lipinski definition) is 5. The zero-order chi connectivity index (χ0) is 34.2. The Balaban J connectivity index is 1.22. The number of aromatic nitrogens is 2. The molecule has 14 heteroatoms. The number of amides is 2. The molecule has 1 aromatic carbocycles. The molecular weight excluding hydrogens is 632 g/mol. The van der Waals surface area contributed by atoms with E-state index in [-0.39, 0.29) is 36.1 Å². The standard InChI is InChI=1S/C34H50N8O5S/c1-6-26(47-23(5)43)19-22(4)46-28(7-2)33(45)42-16-14-41(15-17-42)31-20-29(36-30-18-21(3)39-40-30)37-34(38-31)48-27-12-10-25(11-13-27)35-32(44)24-8-9-24/h10-13,18,20,22-24,26,28,30,39-40,43H,6-9,14-17,19H2,1-5H3,(H,35,44)(H,36,37,38). The van der Waals surface area contributed by atoms with Crippen LogP contribution < -0.4 is 26.4 Å². The molecule has 0 radical (unpaired) electrons. The van der Waals surface area contributed by atoms with Crippen molar-refractivity contribution >= 4 is 40.9 Å². The lowest BCUT2D eigenvalue weighted by molar-refractivity contribution is -0.156.